The molecule has 1 atom stereocenters. The first kappa shape index (κ1) is 11.3. The Morgan fingerprint density at radius 2 is 1.72 bits per heavy atom. The number of rotatable bonds is 4. The molecule has 0 radical (unpaired) electrons. The Balaban J connectivity index is 1.72. The van der Waals surface area contributed by atoms with Crippen LogP contribution >= 0.6 is 0 Å². The number of nitrogens with one attached hydrogen (secondary N) is 1. The Bertz CT molecular complexity index is 506. The summed E-state index contributed by atoms with van der Waals surface area (Å²) in [4.78, 5) is 0. The molecule has 2 aromatic carbocycles. The van der Waals surface area contributed by atoms with Gasteiger partial charge in [0.15, 0.2) is 0 Å². The second-order valence-electron chi connectivity index (χ2n) is 4.61. The molecule has 18 heavy (non-hydrogen) atoms. The fourth-order valence-electron chi connectivity index (χ4n) is 2.19. The van der Waals surface area contributed by atoms with Crippen molar-refractivity contribution in [3.05, 3.63) is 65.7 Å². The largest absolute Gasteiger partial charge is 0.489 e. The molecule has 0 unspecified atom stereocenters. The summed E-state index contributed by atoms with van der Waals surface area (Å²) >= 11 is 0. The third-order valence-corrected chi connectivity index (χ3v) is 3.36. The van der Waals surface area contributed by atoms with E-state index in [1.165, 1.54) is 17.5 Å². The van der Waals surface area contributed by atoms with Gasteiger partial charge in [-0.2, -0.15) is 0 Å². The lowest BCUT2D eigenvalue weighted by Crippen LogP contribution is -2.35. The standard InChI is InChI=1S/C16H17NO/c1-2-6-13(7-3-1)12-18-16-9-5-4-8-14(16)15-10-11-17-15/h1-9,15,17H,10-12H2/t15-/m1/s1. The summed E-state index contributed by atoms with van der Waals surface area (Å²) in [5.74, 6) is 0.999. The molecule has 2 heteroatoms. The van der Waals surface area contributed by atoms with Crippen molar-refractivity contribution in [1.82, 2.24) is 5.32 Å². The van der Waals surface area contributed by atoms with Crippen molar-refractivity contribution in [1.29, 1.82) is 0 Å². The van der Waals surface area contributed by atoms with Crippen LogP contribution in [0.4, 0.5) is 0 Å². The van der Waals surface area contributed by atoms with E-state index < -0.39 is 0 Å². The summed E-state index contributed by atoms with van der Waals surface area (Å²) in [7, 11) is 0. The van der Waals surface area contributed by atoms with E-state index in [-0.39, 0.29) is 0 Å². The molecule has 0 saturated carbocycles. The number of para-hydroxylation sites is 1. The first-order chi connectivity index (χ1) is 8.93. The predicted molar refractivity (Wildman–Crippen MR) is 72.6 cm³/mol. The topological polar surface area (TPSA) is 21.3 Å². The molecule has 1 aliphatic rings. The maximum atomic E-state index is 5.94. The van der Waals surface area contributed by atoms with E-state index in [0.29, 0.717) is 12.6 Å². The first-order valence-corrected chi connectivity index (χ1v) is 6.42. The molecule has 92 valence electrons. The minimum absolute atomic E-state index is 0.469. The lowest BCUT2D eigenvalue weighted by atomic mass is 9.97. The Morgan fingerprint density at radius 1 is 1.00 bits per heavy atom. The molecule has 1 N–H and O–H groups in total. The van der Waals surface area contributed by atoms with Crippen LogP contribution in [0.1, 0.15) is 23.6 Å². The number of benzene rings is 2. The van der Waals surface area contributed by atoms with Crippen molar-refractivity contribution in [2.45, 2.75) is 19.1 Å². The molecule has 3 rings (SSSR count). The van der Waals surface area contributed by atoms with Gasteiger partial charge in [0.05, 0.1) is 0 Å². The van der Waals surface area contributed by atoms with Crippen LogP contribution in [0, 0.1) is 0 Å². The van der Waals surface area contributed by atoms with E-state index >= 15 is 0 Å². The zero-order valence-corrected chi connectivity index (χ0v) is 10.3. The maximum absolute atomic E-state index is 5.94. The second-order valence-corrected chi connectivity index (χ2v) is 4.61. The van der Waals surface area contributed by atoms with Gasteiger partial charge in [0.1, 0.15) is 12.4 Å². The molecule has 1 fully saturated rings. The van der Waals surface area contributed by atoms with Gasteiger partial charge < -0.3 is 10.1 Å². The van der Waals surface area contributed by atoms with Crippen molar-refractivity contribution in [2.75, 3.05) is 6.54 Å². The van der Waals surface area contributed by atoms with Crippen molar-refractivity contribution >= 4 is 0 Å². The average molecular weight is 239 g/mol. The lowest BCUT2D eigenvalue weighted by Gasteiger charge is -2.29. The van der Waals surface area contributed by atoms with Gasteiger partial charge in [0, 0.05) is 11.6 Å². The minimum Gasteiger partial charge on any atom is -0.489 e. The van der Waals surface area contributed by atoms with E-state index in [0.717, 1.165) is 12.3 Å². The summed E-state index contributed by atoms with van der Waals surface area (Å²) < 4.78 is 5.94. The van der Waals surface area contributed by atoms with Crippen LogP contribution in [0.25, 0.3) is 0 Å². The Labute approximate surface area is 108 Å². The second kappa shape index (κ2) is 5.23. The quantitative estimate of drug-likeness (QED) is 0.884. The van der Waals surface area contributed by atoms with Crippen molar-refractivity contribution < 1.29 is 4.74 Å². The van der Waals surface area contributed by atoms with Crippen LogP contribution in [0.5, 0.6) is 5.75 Å². The molecule has 0 aromatic heterocycles. The van der Waals surface area contributed by atoms with Crippen molar-refractivity contribution in [3.8, 4) is 5.75 Å². The molecule has 2 aromatic rings. The highest BCUT2D eigenvalue weighted by Crippen LogP contribution is 2.31. The predicted octanol–water partition coefficient (Wildman–Crippen LogP) is 3.30. The molecule has 1 saturated heterocycles. The highest BCUT2D eigenvalue weighted by atomic mass is 16.5. The Kier molecular flexibility index (Phi) is 3.29. The van der Waals surface area contributed by atoms with Crippen LogP contribution < -0.4 is 10.1 Å². The molecule has 2 nitrogen and oxygen atoms in total. The van der Waals surface area contributed by atoms with Crippen LogP contribution in [0.15, 0.2) is 54.6 Å². The normalized spacial score (nSPS) is 18.1. The van der Waals surface area contributed by atoms with Gasteiger partial charge in [-0.1, -0.05) is 48.5 Å². The van der Waals surface area contributed by atoms with Crippen LogP contribution in [-0.2, 0) is 6.61 Å². The van der Waals surface area contributed by atoms with Crippen molar-refractivity contribution in [2.24, 2.45) is 0 Å². The number of ether oxygens (including phenoxy) is 1. The van der Waals surface area contributed by atoms with Gasteiger partial charge in [-0.15, -0.1) is 0 Å². The molecule has 0 spiro atoms. The van der Waals surface area contributed by atoms with Crippen LogP contribution in [-0.4, -0.2) is 6.54 Å². The maximum Gasteiger partial charge on any atom is 0.124 e. The zero-order valence-electron chi connectivity index (χ0n) is 10.3. The number of hydrogen-bond donors (Lipinski definition) is 1. The fourth-order valence-corrected chi connectivity index (χ4v) is 2.19. The van der Waals surface area contributed by atoms with Gasteiger partial charge >= 0.3 is 0 Å². The Morgan fingerprint density at radius 3 is 2.44 bits per heavy atom. The number of hydrogen-bond acceptors (Lipinski definition) is 2. The van der Waals surface area contributed by atoms with E-state index in [9.17, 15) is 0 Å². The van der Waals surface area contributed by atoms with E-state index in [1.807, 2.05) is 24.3 Å². The summed E-state index contributed by atoms with van der Waals surface area (Å²) in [6.45, 7) is 1.74. The smallest absolute Gasteiger partial charge is 0.124 e. The van der Waals surface area contributed by atoms with Gasteiger partial charge in [-0.25, -0.2) is 0 Å². The third-order valence-electron chi connectivity index (χ3n) is 3.36. The highest BCUT2D eigenvalue weighted by molar-refractivity contribution is 5.37. The van der Waals surface area contributed by atoms with Crippen LogP contribution in [0.2, 0.25) is 0 Å². The lowest BCUT2D eigenvalue weighted by molar-refractivity contribution is 0.289. The van der Waals surface area contributed by atoms with E-state index in [1.54, 1.807) is 0 Å². The summed E-state index contributed by atoms with van der Waals surface area (Å²) in [6, 6.07) is 19.1. The molecule has 1 heterocycles. The first-order valence-electron chi connectivity index (χ1n) is 6.42. The van der Waals surface area contributed by atoms with E-state index in [4.69, 9.17) is 4.74 Å². The average Bonchev–Trinajstić information content (AvgIpc) is 2.37. The van der Waals surface area contributed by atoms with Crippen molar-refractivity contribution in [3.63, 3.8) is 0 Å². The van der Waals surface area contributed by atoms with Gasteiger partial charge in [-0.3, -0.25) is 0 Å². The molecular formula is C16H17NO. The minimum atomic E-state index is 0.469. The monoisotopic (exact) mass is 239 g/mol. The molecular weight excluding hydrogens is 222 g/mol. The van der Waals surface area contributed by atoms with Crippen LogP contribution in [0.3, 0.4) is 0 Å². The Hall–Kier alpha value is -1.80. The molecule has 0 aliphatic carbocycles. The van der Waals surface area contributed by atoms with Gasteiger partial charge in [-0.05, 0) is 24.6 Å². The molecule has 0 bridgehead atoms. The molecule has 1 aliphatic heterocycles. The third kappa shape index (κ3) is 2.39. The SMILES string of the molecule is c1ccc(COc2ccccc2[C@H]2CCN2)cc1. The summed E-state index contributed by atoms with van der Waals surface area (Å²) in [5.41, 5.74) is 2.48. The van der Waals surface area contributed by atoms with Gasteiger partial charge in [0.2, 0.25) is 0 Å². The molecule has 0 amide bonds. The van der Waals surface area contributed by atoms with Gasteiger partial charge in [0.25, 0.3) is 0 Å². The highest BCUT2D eigenvalue weighted by Gasteiger charge is 2.21. The summed E-state index contributed by atoms with van der Waals surface area (Å²) in [5, 5.41) is 3.42. The summed E-state index contributed by atoms with van der Waals surface area (Å²) in [6.07, 6.45) is 1.20. The fraction of sp³-hybridized carbons (Fsp3) is 0.250. The zero-order chi connectivity index (χ0) is 12.2. The van der Waals surface area contributed by atoms with E-state index in [2.05, 4.69) is 35.6 Å².